The molecular formula is C15H20ClNO3S2. The van der Waals surface area contributed by atoms with Crippen molar-refractivity contribution in [2.45, 2.75) is 37.1 Å². The Morgan fingerprint density at radius 3 is 2.36 bits per heavy atom. The van der Waals surface area contributed by atoms with Gasteiger partial charge in [0.05, 0.1) is 28.7 Å². The minimum atomic E-state index is -3.13. The van der Waals surface area contributed by atoms with Gasteiger partial charge in [-0.1, -0.05) is 17.7 Å². The maximum atomic E-state index is 12.0. The molecule has 1 amide bonds. The van der Waals surface area contributed by atoms with Gasteiger partial charge in [-0.2, -0.15) is 0 Å². The lowest BCUT2D eigenvalue weighted by molar-refractivity contribution is -0.119. The van der Waals surface area contributed by atoms with Crippen molar-refractivity contribution in [2.75, 3.05) is 17.3 Å². The molecule has 1 heterocycles. The van der Waals surface area contributed by atoms with Crippen molar-refractivity contribution in [1.29, 1.82) is 0 Å². The number of benzene rings is 1. The summed E-state index contributed by atoms with van der Waals surface area (Å²) in [7, 11) is -3.13. The Bertz CT molecular complexity index is 665. The van der Waals surface area contributed by atoms with E-state index in [0.29, 0.717) is 0 Å². The SMILES string of the molecule is Cc1cc(C)c(SCC(=O)N[C@H]2CS(=O)(=O)C[C@H]2Cl)c(C)c1. The van der Waals surface area contributed by atoms with Crippen molar-refractivity contribution in [3.63, 3.8) is 0 Å². The van der Waals surface area contributed by atoms with Crippen LogP contribution in [0.3, 0.4) is 0 Å². The number of carbonyl (C=O) groups is 1. The lowest BCUT2D eigenvalue weighted by atomic mass is 10.1. The summed E-state index contributed by atoms with van der Waals surface area (Å²) >= 11 is 7.46. The number of amides is 1. The zero-order valence-electron chi connectivity index (χ0n) is 12.8. The van der Waals surface area contributed by atoms with Crippen molar-refractivity contribution in [2.24, 2.45) is 0 Å². The van der Waals surface area contributed by atoms with Gasteiger partial charge in [0, 0.05) is 4.90 Å². The average Bonchev–Trinajstić information content (AvgIpc) is 2.60. The van der Waals surface area contributed by atoms with Crippen LogP contribution in [0.1, 0.15) is 16.7 Å². The molecule has 1 saturated heterocycles. The van der Waals surface area contributed by atoms with E-state index in [-0.39, 0.29) is 23.2 Å². The Morgan fingerprint density at radius 2 is 1.86 bits per heavy atom. The average molecular weight is 362 g/mol. The number of aryl methyl sites for hydroxylation is 3. The van der Waals surface area contributed by atoms with E-state index >= 15 is 0 Å². The number of carbonyl (C=O) groups excluding carboxylic acids is 1. The van der Waals surface area contributed by atoms with Gasteiger partial charge in [-0.05, 0) is 31.9 Å². The fourth-order valence-electron chi connectivity index (χ4n) is 2.72. The molecule has 2 rings (SSSR count). The molecule has 0 aliphatic carbocycles. The van der Waals surface area contributed by atoms with Gasteiger partial charge in [-0.3, -0.25) is 4.79 Å². The number of nitrogens with one attached hydrogen (secondary N) is 1. The smallest absolute Gasteiger partial charge is 0.230 e. The van der Waals surface area contributed by atoms with E-state index < -0.39 is 21.3 Å². The van der Waals surface area contributed by atoms with Crippen LogP contribution in [0.4, 0.5) is 0 Å². The summed E-state index contributed by atoms with van der Waals surface area (Å²) < 4.78 is 23.0. The van der Waals surface area contributed by atoms with E-state index in [9.17, 15) is 13.2 Å². The zero-order valence-corrected chi connectivity index (χ0v) is 15.2. The van der Waals surface area contributed by atoms with Gasteiger partial charge >= 0.3 is 0 Å². The molecule has 1 N–H and O–H groups in total. The van der Waals surface area contributed by atoms with Crippen LogP contribution in [0.15, 0.2) is 17.0 Å². The molecule has 1 aromatic carbocycles. The second kappa shape index (κ2) is 6.81. The van der Waals surface area contributed by atoms with Crippen LogP contribution in [-0.4, -0.2) is 43.0 Å². The molecule has 0 radical (unpaired) electrons. The van der Waals surface area contributed by atoms with Crippen LogP contribution < -0.4 is 5.32 Å². The first kappa shape index (κ1) is 17.6. The van der Waals surface area contributed by atoms with E-state index in [1.165, 1.54) is 17.3 Å². The zero-order chi connectivity index (χ0) is 16.5. The van der Waals surface area contributed by atoms with Gasteiger partial charge < -0.3 is 5.32 Å². The first-order chi connectivity index (χ1) is 10.2. The Balaban J connectivity index is 1.94. The maximum Gasteiger partial charge on any atom is 0.230 e. The number of rotatable bonds is 4. The van der Waals surface area contributed by atoms with Crippen LogP contribution in [0.25, 0.3) is 0 Å². The molecule has 1 aliphatic rings. The molecule has 7 heteroatoms. The standard InChI is InChI=1S/C15H20ClNO3S2/c1-9-4-10(2)15(11(3)5-9)21-6-14(18)17-13-8-22(19,20)7-12(13)16/h4-5,12-13H,6-8H2,1-3H3,(H,17,18)/t12-,13+/m1/s1. The largest absolute Gasteiger partial charge is 0.350 e. The highest BCUT2D eigenvalue weighted by molar-refractivity contribution is 8.00. The Kier molecular flexibility index (Phi) is 5.45. The topological polar surface area (TPSA) is 63.2 Å². The quantitative estimate of drug-likeness (QED) is 0.659. The Morgan fingerprint density at radius 1 is 1.27 bits per heavy atom. The Hall–Kier alpha value is -0.720. The molecule has 0 saturated carbocycles. The number of hydrogen-bond acceptors (Lipinski definition) is 4. The number of hydrogen-bond donors (Lipinski definition) is 1. The molecule has 0 aromatic heterocycles. The molecule has 0 bridgehead atoms. The summed E-state index contributed by atoms with van der Waals surface area (Å²) in [6, 6.07) is 3.69. The van der Waals surface area contributed by atoms with Gasteiger partial charge in [0.15, 0.2) is 9.84 Å². The van der Waals surface area contributed by atoms with Gasteiger partial charge in [0.2, 0.25) is 5.91 Å². The van der Waals surface area contributed by atoms with E-state index in [2.05, 4.69) is 17.4 Å². The van der Waals surface area contributed by atoms with Crippen molar-refractivity contribution in [3.05, 3.63) is 28.8 Å². The summed E-state index contributed by atoms with van der Waals surface area (Å²) in [5.41, 5.74) is 3.49. The number of thioether (sulfide) groups is 1. The van der Waals surface area contributed by atoms with E-state index in [1.54, 1.807) is 0 Å². The highest BCUT2D eigenvalue weighted by atomic mass is 35.5. The predicted octanol–water partition coefficient (Wildman–Crippen LogP) is 2.22. The summed E-state index contributed by atoms with van der Waals surface area (Å²) in [4.78, 5) is 13.1. The van der Waals surface area contributed by atoms with Crippen molar-refractivity contribution < 1.29 is 13.2 Å². The molecule has 1 aliphatic heterocycles. The molecule has 22 heavy (non-hydrogen) atoms. The Labute approximate surface area is 140 Å². The minimum absolute atomic E-state index is 0.0666. The summed E-state index contributed by atoms with van der Waals surface area (Å²) in [6.45, 7) is 6.10. The lowest BCUT2D eigenvalue weighted by Gasteiger charge is -2.15. The van der Waals surface area contributed by atoms with Crippen LogP contribution in [0.2, 0.25) is 0 Å². The highest BCUT2D eigenvalue weighted by Crippen LogP contribution is 2.27. The summed E-state index contributed by atoms with van der Waals surface area (Å²) in [5, 5.41) is 2.19. The van der Waals surface area contributed by atoms with Crippen LogP contribution in [0, 0.1) is 20.8 Å². The molecule has 1 fully saturated rings. The van der Waals surface area contributed by atoms with Crippen LogP contribution >= 0.6 is 23.4 Å². The number of alkyl halides is 1. The van der Waals surface area contributed by atoms with Crippen molar-refractivity contribution >= 4 is 39.1 Å². The third-order valence-corrected chi connectivity index (χ3v) is 7.30. The molecule has 1 aromatic rings. The van der Waals surface area contributed by atoms with Gasteiger partial charge in [0.25, 0.3) is 0 Å². The molecular weight excluding hydrogens is 342 g/mol. The highest BCUT2D eigenvalue weighted by Gasteiger charge is 2.37. The maximum absolute atomic E-state index is 12.0. The van der Waals surface area contributed by atoms with E-state index in [4.69, 9.17) is 11.6 Å². The van der Waals surface area contributed by atoms with Crippen molar-refractivity contribution in [1.82, 2.24) is 5.32 Å². The second-order valence-corrected chi connectivity index (χ2v) is 9.48. The summed E-state index contributed by atoms with van der Waals surface area (Å²) in [6.07, 6.45) is 0. The minimum Gasteiger partial charge on any atom is -0.350 e. The normalized spacial score (nSPS) is 23.5. The van der Waals surface area contributed by atoms with Gasteiger partial charge in [0.1, 0.15) is 0 Å². The number of sulfone groups is 1. The fraction of sp³-hybridized carbons (Fsp3) is 0.533. The molecule has 0 unspecified atom stereocenters. The van der Waals surface area contributed by atoms with Gasteiger partial charge in [-0.25, -0.2) is 8.42 Å². The summed E-state index contributed by atoms with van der Waals surface area (Å²) in [5.74, 6) is -0.0643. The third-order valence-electron chi connectivity index (χ3n) is 3.58. The predicted molar refractivity (Wildman–Crippen MR) is 91.6 cm³/mol. The monoisotopic (exact) mass is 361 g/mol. The molecule has 122 valence electrons. The molecule has 0 spiro atoms. The number of halogens is 1. The van der Waals surface area contributed by atoms with Crippen molar-refractivity contribution in [3.8, 4) is 0 Å². The first-order valence-corrected chi connectivity index (χ1v) is 10.3. The molecule has 2 atom stereocenters. The van der Waals surface area contributed by atoms with E-state index in [1.807, 2.05) is 20.8 Å². The van der Waals surface area contributed by atoms with Crippen LogP contribution in [-0.2, 0) is 14.6 Å². The first-order valence-electron chi connectivity index (χ1n) is 7.02. The second-order valence-electron chi connectivity index (χ2n) is 5.78. The van der Waals surface area contributed by atoms with Gasteiger partial charge in [-0.15, -0.1) is 23.4 Å². The fourth-order valence-corrected chi connectivity index (χ4v) is 6.20. The molecule has 4 nitrogen and oxygen atoms in total. The van der Waals surface area contributed by atoms with Crippen LogP contribution in [0.5, 0.6) is 0 Å². The third kappa shape index (κ3) is 4.40. The lowest BCUT2D eigenvalue weighted by Crippen LogP contribution is -2.41. The van der Waals surface area contributed by atoms with E-state index in [0.717, 1.165) is 16.0 Å².